The largest absolute Gasteiger partial charge is 0.449 e. The number of aromatic amines is 1. The molecule has 1 aliphatic heterocycles. The monoisotopic (exact) mass is 303 g/mol. The van der Waals surface area contributed by atoms with Crippen LogP contribution in [0.1, 0.15) is 16.8 Å². The molecule has 1 aliphatic rings. The van der Waals surface area contributed by atoms with E-state index < -0.39 is 0 Å². The van der Waals surface area contributed by atoms with Gasteiger partial charge in [-0.3, -0.25) is 5.10 Å². The van der Waals surface area contributed by atoms with Gasteiger partial charge in [0.1, 0.15) is 0 Å². The normalized spacial score (nSPS) is 13.7. The first kappa shape index (κ1) is 13.6. The number of nitrogens with zero attached hydrogens (tertiary/aromatic N) is 2. The summed E-state index contributed by atoms with van der Waals surface area (Å²) in [4.78, 5) is 2.08. The van der Waals surface area contributed by atoms with Crippen LogP contribution in [0, 0.1) is 6.92 Å². The number of benzene rings is 2. The summed E-state index contributed by atoms with van der Waals surface area (Å²) in [6, 6.07) is 20.4. The summed E-state index contributed by atoms with van der Waals surface area (Å²) < 4.78 is 6.27. The summed E-state index contributed by atoms with van der Waals surface area (Å²) in [7, 11) is 2.02. The Balaban J connectivity index is 1.96. The zero-order valence-electron chi connectivity index (χ0n) is 13.1. The molecule has 0 fully saturated rings. The third-order valence-electron chi connectivity index (χ3n) is 4.03. The number of anilines is 1. The Bertz CT molecular complexity index is 866. The molecule has 0 bridgehead atoms. The lowest BCUT2D eigenvalue weighted by Gasteiger charge is -2.29. The van der Waals surface area contributed by atoms with Crippen LogP contribution in [0.3, 0.4) is 0 Å². The average molecular weight is 303 g/mol. The van der Waals surface area contributed by atoms with Crippen molar-refractivity contribution in [2.75, 3.05) is 11.9 Å². The van der Waals surface area contributed by atoms with E-state index in [4.69, 9.17) is 4.74 Å². The molecule has 0 atom stereocenters. The second-order valence-electron chi connectivity index (χ2n) is 5.57. The molecular weight excluding hydrogens is 286 g/mol. The lowest BCUT2D eigenvalue weighted by molar-refractivity contribution is 0.505. The zero-order chi connectivity index (χ0) is 15.8. The maximum Gasteiger partial charge on any atom is 0.198 e. The summed E-state index contributed by atoms with van der Waals surface area (Å²) >= 11 is 0. The fourth-order valence-corrected chi connectivity index (χ4v) is 2.87. The van der Waals surface area contributed by atoms with Gasteiger partial charge in [0.15, 0.2) is 17.3 Å². The SMILES string of the molecule is Cc1[nH]nc2c1OC(c1ccccc1)=C(c1ccccc1)N2C. The van der Waals surface area contributed by atoms with Crippen LogP contribution in [0.5, 0.6) is 5.75 Å². The van der Waals surface area contributed by atoms with Crippen molar-refractivity contribution >= 4 is 17.3 Å². The first-order valence-corrected chi connectivity index (χ1v) is 7.57. The molecule has 23 heavy (non-hydrogen) atoms. The van der Waals surface area contributed by atoms with Crippen molar-refractivity contribution in [1.29, 1.82) is 0 Å². The van der Waals surface area contributed by atoms with Crippen LogP contribution in [0.25, 0.3) is 11.5 Å². The van der Waals surface area contributed by atoms with Crippen LogP contribution in [-0.2, 0) is 0 Å². The van der Waals surface area contributed by atoms with E-state index in [1.165, 1.54) is 0 Å². The van der Waals surface area contributed by atoms with Gasteiger partial charge in [0.2, 0.25) is 0 Å². The molecule has 4 nitrogen and oxygen atoms in total. The first-order chi connectivity index (χ1) is 11.3. The number of nitrogens with one attached hydrogen (secondary N) is 1. The van der Waals surface area contributed by atoms with Crippen LogP contribution in [0.2, 0.25) is 0 Å². The predicted octanol–water partition coefficient (Wildman–Crippen LogP) is 4.07. The number of H-pyrrole nitrogens is 1. The second kappa shape index (κ2) is 5.32. The number of rotatable bonds is 2. The van der Waals surface area contributed by atoms with Crippen molar-refractivity contribution in [3.8, 4) is 5.75 Å². The van der Waals surface area contributed by atoms with Crippen LogP contribution in [-0.4, -0.2) is 17.2 Å². The molecule has 0 radical (unpaired) electrons. The van der Waals surface area contributed by atoms with E-state index in [2.05, 4.69) is 39.4 Å². The molecule has 0 unspecified atom stereocenters. The fraction of sp³-hybridized carbons (Fsp3) is 0.105. The summed E-state index contributed by atoms with van der Waals surface area (Å²) in [6.07, 6.45) is 0. The van der Waals surface area contributed by atoms with Crippen molar-refractivity contribution in [3.63, 3.8) is 0 Å². The first-order valence-electron chi connectivity index (χ1n) is 7.57. The molecule has 0 amide bonds. The minimum Gasteiger partial charge on any atom is -0.449 e. The van der Waals surface area contributed by atoms with Crippen molar-refractivity contribution in [3.05, 3.63) is 77.5 Å². The molecule has 0 saturated heterocycles. The van der Waals surface area contributed by atoms with Gasteiger partial charge in [0, 0.05) is 18.2 Å². The molecule has 1 aromatic heterocycles. The van der Waals surface area contributed by atoms with Gasteiger partial charge in [-0.2, -0.15) is 5.10 Å². The van der Waals surface area contributed by atoms with Gasteiger partial charge < -0.3 is 9.64 Å². The number of hydrogen-bond donors (Lipinski definition) is 1. The quantitative estimate of drug-likeness (QED) is 0.776. The van der Waals surface area contributed by atoms with E-state index in [1.807, 2.05) is 50.4 Å². The molecule has 0 saturated carbocycles. The third-order valence-corrected chi connectivity index (χ3v) is 4.03. The molecule has 4 heteroatoms. The van der Waals surface area contributed by atoms with Crippen molar-refractivity contribution in [1.82, 2.24) is 10.2 Å². The van der Waals surface area contributed by atoms with E-state index in [9.17, 15) is 0 Å². The Hall–Kier alpha value is -3.01. The maximum absolute atomic E-state index is 6.27. The van der Waals surface area contributed by atoms with E-state index in [-0.39, 0.29) is 0 Å². The minimum atomic E-state index is 0.783. The van der Waals surface area contributed by atoms with Crippen molar-refractivity contribution in [2.45, 2.75) is 6.92 Å². The second-order valence-corrected chi connectivity index (χ2v) is 5.57. The lowest BCUT2D eigenvalue weighted by Crippen LogP contribution is -2.23. The topological polar surface area (TPSA) is 41.1 Å². The van der Waals surface area contributed by atoms with E-state index in [1.54, 1.807) is 0 Å². The maximum atomic E-state index is 6.27. The van der Waals surface area contributed by atoms with Gasteiger partial charge in [-0.25, -0.2) is 0 Å². The average Bonchev–Trinajstić information content (AvgIpc) is 2.98. The molecule has 3 aromatic rings. The molecule has 114 valence electrons. The smallest absolute Gasteiger partial charge is 0.198 e. The summed E-state index contributed by atoms with van der Waals surface area (Å²) in [6.45, 7) is 1.97. The molecule has 0 spiro atoms. The van der Waals surface area contributed by atoms with Crippen LogP contribution >= 0.6 is 0 Å². The van der Waals surface area contributed by atoms with Gasteiger partial charge >= 0.3 is 0 Å². The summed E-state index contributed by atoms with van der Waals surface area (Å²) in [5.41, 5.74) is 4.08. The number of aromatic nitrogens is 2. The van der Waals surface area contributed by atoms with Crippen LogP contribution in [0.4, 0.5) is 5.82 Å². The number of ether oxygens (including phenoxy) is 1. The molecule has 0 aliphatic carbocycles. The van der Waals surface area contributed by atoms with Gasteiger partial charge in [0.05, 0.1) is 11.4 Å². The highest BCUT2D eigenvalue weighted by molar-refractivity contribution is 5.97. The number of fused-ring (bicyclic) bond motifs is 1. The Morgan fingerprint density at radius 3 is 2.17 bits per heavy atom. The minimum absolute atomic E-state index is 0.783. The molecule has 2 heterocycles. The van der Waals surface area contributed by atoms with Gasteiger partial charge in [0.25, 0.3) is 0 Å². The van der Waals surface area contributed by atoms with E-state index >= 15 is 0 Å². The molecule has 1 N–H and O–H groups in total. The number of aryl methyl sites for hydroxylation is 1. The Kier molecular flexibility index (Phi) is 3.15. The highest BCUT2D eigenvalue weighted by Crippen LogP contribution is 2.43. The standard InChI is InChI=1S/C19H17N3O/c1-13-17-19(21-20-13)22(2)16(14-9-5-3-6-10-14)18(23-17)15-11-7-4-8-12-15/h3-12H,1-2H3,(H,20,21). The lowest BCUT2D eigenvalue weighted by atomic mass is 10.0. The Morgan fingerprint density at radius 1 is 0.913 bits per heavy atom. The van der Waals surface area contributed by atoms with E-state index in [0.29, 0.717) is 0 Å². The van der Waals surface area contributed by atoms with E-state index in [0.717, 1.165) is 39.8 Å². The third kappa shape index (κ3) is 2.19. The predicted molar refractivity (Wildman–Crippen MR) is 92.1 cm³/mol. The van der Waals surface area contributed by atoms with Gasteiger partial charge in [-0.1, -0.05) is 60.7 Å². The Labute approximate surface area is 135 Å². The van der Waals surface area contributed by atoms with Gasteiger partial charge in [-0.05, 0) is 6.92 Å². The van der Waals surface area contributed by atoms with Crippen molar-refractivity contribution < 1.29 is 4.74 Å². The highest BCUT2D eigenvalue weighted by Gasteiger charge is 2.30. The van der Waals surface area contributed by atoms with Crippen molar-refractivity contribution in [2.24, 2.45) is 0 Å². The van der Waals surface area contributed by atoms with Crippen LogP contribution in [0.15, 0.2) is 60.7 Å². The zero-order valence-corrected chi connectivity index (χ0v) is 13.1. The molecule has 2 aromatic carbocycles. The molecular formula is C19H17N3O. The van der Waals surface area contributed by atoms with Gasteiger partial charge in [-0.15, -0.1) is 0 Å². The summed E-state index contributed by atoms with van der Waals surface area (Å²) in [5.74, 6) is 2.43. The summed E-state index contributed by atoms with van der Waals surface area (Å²) in [5, 5.41) is 7.39. The molecule has 4 rings (SSSR count). The van der Waals surface area contributed by atoms with Crippen LogP contribution < -0.4 is 9.64 Å². The Morgan fingerprint density at radius 2 is 1.52 bits per heavy atom. The highest BCUT2D eigenvalue weighted by atomic mass is 16.5. The number of hydrogen-bond acceptors (Lipinski definition) is 3. The fourth-order valence-electron chi connectivity index (χ4n) is 2.87.